The summed E-state index contributed by atoms with van der Waals surface area (Å²) in [4.78, 5) is 50.7. The van der Waals surface area contributed by atoms with E-state index in [-0.39, 0.29) is 29.9 Å². The second-order valence-corrected chi connectivity index (χ2v) is 10.1. The number of amides is 3. The number of benzene rings is 1. The third-order valence-electron chi connectivity index (χ3n) is 6.09. The second-order valence-electron chi connectivity index (χ2n) is 10.1. The van der Waals surface area contributed by atoms with Crippen molar-refractivity contribution in [2.75, 3.05) is 0 Å². The monoisotopic (exact) mass is 506 g/mol. The number of carboxylic acid groups (broad SMARTS) is 1. The van der Waals surface area contributed by atoms with Gasteiger partial charge in [-0.25, -0.2) is 4.79 Å². The zero-order valence-electron chi connectivity index (χ0n) is 22.1. The lowest BCUT2D eigenvalue weighted by atomic mass is 9.96. The molecule has 36 heavy (non-hydrogen) atoms. The summed E-state index contributed by atoms with van der Waals surface area (Å²) in [6.45, 7) is 10.9. The number of hydrogen-bond acceptors (Lipinski definition) is 6. The van der Waals surface area contributed by atoms with Crippen LogP contribution in [0.25, 0.3) is 0 Å². The molecule has 0 bridgehead atoms. The van der Waals surface area contributed by atoms with Gasteiger partial charge in [-0.05, 0) is 41.9 Å². The number of carboxylic acids is 1. The minimum Gasteiger partial charge on any atom is -0.508 e. The number of nitrogens with two attached hydrogens (primary N) is 1. The molecule has 0 heterocycles. The summed E-state index contributed by atoms with van der Waals surface area (Å²) in [5, 5.41) is 27.0. The zero-order valence-corrected chi connectivity index (χ0v) is 22.1. The predicted octanol–water partition coefficient (Wildman–Crippen LogP) is 1.55. The lowest BCUT2D eigenvalue weighted by Gasteiger charge is -2.28. The third-order valence-corrected chi connectivity index (χ3v) is 6.09. The maximum atomic E-state index is 13.3. The Balaban J connectivity index is 3.12. The van der Waals surface area contributed by atoms with Crippen LogP contribution in [0.3, 0.4) is 0 Å². The Bertz CT molecular complexity index is 887. The van der Waals surface area contributed by atoms with E-state index in [1.165, 1.54) is 12.1 Å². The fourth-order valence-electron chi connectivity index (χ4n) is 3.69. The lowest BCUT2D eigenvalue weighted by Crippen LogP contribution is -2.59. The fraction of sp³-hybridized carbons (Fsp3) is 0.615. The Morgan fingerprint density at radius 2 is 1.42 bits per heavy atom. The summed E-state index contributed by atoms with van der Waals surface area (Å²) < 4.78 is 0. The van der Waals surface area contributed by atoms with Crippen LogP contribution < -0.4 is 21.7 Å². The van der Waals surface area contributed by atoms with Gasteiger partial charge in [0.1, 0.15) is 23.9 Å². The highest BCUT2D eigenvalue weighted by atomic mass is 16.4. The molecule has 202 valence electrons. The molecule has 10 nitrogen and oxygen atoms in total. The van der Waals surface area contributed by atoms with Crippen molar-refractivity contribution in [3.63, 3.8) is 0 Å². The van der Waals surface area contributed by atoms with Gasteiger partial charge in [0.25, 0.3) is 0 Å². The molecule has 3 amide bonds. The molecule has 7 N–H and O–H groups in total. The molecular formula is C26H42N4O6. The van der Waals surface area contributed by atoms with Crippen molar-refractivity contribution < 1.29 is 29.4 Å². The number of phenols is 1. The van der Waals surface area contributed by atoms with Crippen LogP contribution in [0.4, 0.5) is 0 Å². The average Bonchev–Trinajstić information content (AvgIpc) is 2.80. The number of hydrogen-bond donors (Lipinski definition) is 6. The van der Waals surface area contributed by atoms with Crippen LogP contribution in [0, 0.1) is 17.8 Å². The molecule has 0 aromatic heterocycles. The molecule has 0 aliphatic rings. The Kier molecular flexibility index (Phi) is 12.4. The highest BCUT2D eigenvalue weighted by Gasteiger charge is 2.33. The van der Waals surface area contributed by atoms with Crippen LogP contribution in [0.15, 0.2) is 24.3 Å². The predicted molar refractivity (Wildman–Crippen MR) is 137 cm³/mol. The summed E-state index contributed by atoms with van der Waals surface area (Å²) in [6.07, 6.45) is 1.08. The topological polar surface area (TPSA) is 171 Å². The van der Waals surface area contributed by atoms with Gasteiger partial charge in [-0.2, -0.15) is 0 Å². The van der Waals surface area contributed by atoms with E-state index < -0.39 is 47.9 Å². The van der Waals surface area contributed by atoms with Gasteiger partial charge in [-0.15, -0.1) is 0 Å². The highest BCUT2D eigenvalue weighted by molar-refractivity contribution is 5.94. The Labute approximate surface area is 213 Å². The standard InChI is InChI=1S/C26H42N4O6/c1-7-16(6)22(26(35)36)30-25(34)21(15(4)5)29-24(33)20(13-17-8-10-18(31)11-9-17)28-23(32)19(27)12-14(2)3/h8-11,14-16,19-22,31H,7,12-13,27H2,1-6H3,(H,28,32)(H,29,33)(H,30,34)(H,35,36)/t16-,19-,20-,21-,22-/m0/s1. The van der Waals surface area contributed by atoms with Crippen molar-refractivity contribution in [2.24, 2.45) is 23.5 Å². The van der Waals surface area contributed by atoms with Crippen molar-refractivity contribution in [1.82, 2.24) is 16.0 Å². The van der Waals surface area contributed by atoms with Gasteiger partial charge in [-0.1, -0.05) is 60.1 Å². The molecular weight excluding hydrogens is 464 g/mol. The molecule has 0 saturated heterocycles. The van der Waals surface area contributed by atoms with E-state index in [1.54, 1.807) is 32.9 Å². The normalized spacial score (nSPS) is 15.5. The maximum Gasteiger partial charge on any atom is 0.326 e. The maximum absolute atomic E-state index is 13.3. The smallest absolute Gasteiger partial charge is 0.326 e. The summed E-state index contributed by atoms with van der Waals surface area (Å²) in [6, 6.07) is 2.24. The van der Waals surface area contributed by atoms with Gasteiger partial charge in [0.2, 0.25) is 17.7 Å². The van der Waals surface area contributed by atoms with E-state index in [4.69, 9.17) is 5.73 Å². The van der Waals surface area contributed by atoms with Gasteiger partial charge in [-0.3, -0.25) is 14.4 Å². The number of carbonyl (C=O) groups excluding carboxylic acids is 3. The zero-order chi connectivity index (χ0) is 27.6. The number of rotatable bonds is 14. The van der Waals surface area contributed by atoms with Gasteiger partial charge < -0.3 is 31.9 Å². The van der Waals surface area contributed by atoms with Crippen molar-refractivity contribution in [3.8, 4) is 5.75 Å². The minimum atomic E-state index is -1.15. The first-order valence-corrected chi connectivity index (χ1v) is 12.4. The SMILES string of the molecule is CC[C@H](C)[C@H](NC(=O)[C@@H](NC(=O)[C@H](Cc1ccc(O)cc1)NC(=O)[C@@H](N)CC(C)C)C(C)C)C(=O)O. The Morgan fingerprint density at radius 3 is 1.89 bits per heavy atom. The van der Waals surface area contributed by atoms with Gasteiger partial charge in [0, 0.05) is 6.42 Å². The molecule has 1 aromatic rings. The first-order valence-electron chi connectivity index (χ1n) is 12.4. The van der Waals surface area contributed by atoms with Gasteiger partial charge in [0.15, 0.2) is 0 Å². The van der Waals surface area contributed by atoms with Gasteiger partial charge >= 0.3 is 5.97 Å². The van der Waals surface area contributed by atoms with Crippen LogP contribution in [-0.4, -0.2) is 58.1 Å². The van der Waals surface area contributed by atoms with Crippen molar-refractivity contribution in [3.05, 3.63) is 29.8 Å². The molecule has 0 fully saturated rings. The molecule has 1 rings (SSSR count). The van der Waals surface area contributed by atoms with Crippen molar-refractivity contribution in [2.45, 2.75) is 85.0 Å². The summed E-state index contributed by atoms with van der Waals surface area (Å²) >= 11 is 0. The van der Waals surface area contributed by atoms with Crippen LogP contribution in [-0.2, 0) is 25.6 Å². The quantitative estimate of drug-likeness (QED) is 0.222. The van der Waals surface area contributed by atoms with E-state index in [0.717, 1.165) is 0 Å². The molecule has 10 heteroatoms. The van der Waals surface area contributed by atoms with Crippen LogP contribution in [0.1, 0.15) is 59.9 Å². The van der Waals surface area contributed by atoms with Gasteiger partial charge in [0.05, 0.1) is 6.04 Å². The molecule has 1 aromatic carbocycles. The Hall–Kier alpha value is -3.14. The summed E-state index contributed by atoms with van der Waals surface area (Å²) in [7, 11) is 0. The number of nitrogens with one attached hydrogen (secondary N) is 3. The molecule has 0 aliphatic carbocycles. The molecule has 0 radical (unpaired) electrons. The third kappa shape index (κ3) is 9.85. The molecule has 5 atom stereocenters. The Morgan fingerprint density at radius 1 is 0.861 bits per heavy atom. The van der Waals surface area contributed by atoms with E-state index in [9.17, 15) is 29.4 Å². The summed E-state index contributed by atoms with van der Waals surface area (Å²) in [5.41, 5.74) is 6.69. The van der Waals surface area contributed by atoms with Crippen LogP contribution in [0.2, 0.25) is 0 Å². The average molecular weight is 507 g/mol. The molecule has 0 unspecified atom stereocenters. The number of aliphatic carboxylic acids is 1. The number of phenolic OH excluding ortho intramolecular Hbond substituents is 1. The van der Waals surface area contributed by atoms with E-state index in [1.807, 2.05) is 20.8 Å². The number of aromatic hydroxyl groups is 1. The molecule has 0 aliphatic heterocycles. The van der Waals surface area contributed by atoms with Crippen LogP contribution >= 0.6 is 0 Å². The van der Waals surface area contributed by atoms with Crippen molar-refractivity contribution >= 4 is 23.7 Å². The van der Waals surface area contributed by atoms with E-state index >= 15 is 0 Å². The minimum absolute atomic E-state index is 0.0635. The summed E-state index contributed by atoms with van der Waals surface area (Å²) in [5.74, 6) is -3.27. The van der Waals surface area contributed by atoms with E-state index in [0.29, 0.717) is 18.4 Å². The van der Waals surface area contributed by atoms with Crippen LogP contribution in [0.5, 0.6) is 5.75 Å². The molecule has 0 saturated carbocycles. The lowest BCUT2D eigenvalue weighted by molar-refractivity contribution is -0.144. The first-order chi connectivity index (χ1) is 16.8. The highest BCUT2D eigenvalue weighted by Crippen LogP contribution is 2.14. The first kappa shape index (κ1) is 30.9. The number of carbonyl (C=O) groups is 4. The fourth-order valence-corrected chi connectivity index (χ4v) is 3.69. The second kappa shape index (κ2) is 14.4. The largest absolute Gasteiger partial charge is 0.508 e. The van der Waals surface area contributed by atoms with Crippen molar-refractivity contribution in [1.29, 1.82) is 0 Å². The van der Waals surface area contributed by atoms with E-state index in [2.05, 4.69) is 16.0 Å². The molecule has 0 spiro atoms.